The third-order valence-electron chi connectivity index (χ3n) is 4.44. The van der Waals surface area contributed by atoms with E-state index in [-0.39, 0.29) is 11.5 Å². The third kappa shape index (κ3) is 3.09. The van der Waals surface area contributed by atoms with Crippen molar-refractivity contribution in [2.45, 2.75) is 44.8 Å². The van der Waals surface area contributed by atoms with Crippen LogP contribution in [0.4, 0.5) is 13.2 Å². The van der Waals surface area contributed by atoms with E-state index in [9.17, 15) is 18.0 Å². The zero-order valence-electron chi connectivity index (χ0n) is 14.0. The van der Waals surface area contributed by atoms with Gasteiger partial charge in [0.2, 0.25) is 0 Å². The number of aryl methyl sites for hydroxylation is 3. The number of nitrogens with one attached hydrogen (secondary N) is 1. The van der Waals surface area contributed by atoms with Gasteiger partial charge in [0, 0.05) is 18.7 Å². The van der Waals surface area contributed by atoms with Gasteiger partial charge in [-0.25, -0.2) is 9.67 Å². The first-order valence-electron chi connectivity index (χ1n) is 8.32. The minimum absolute atomic E-state index is 0.197. The second-order valence-corrected chi connectivity index (χ2v) is 6.53. The van der Waals surface area contributed by atoms with Crippen molar-refractivity contribution in [1.29, 1.82) is 0 Å². The Morgan fingerprint density at radius 2 is 2.08 bits per heavy atom. The molecule has 1 aliphatic rings. The fraction of sp³-hybridized carbons (Fsp3) is 0.412. The van der Waals surface area contributed by atoms with E-state index in [0.29, 0.717) is 35.4 Å². The summed E-state index contributed by atoms with van der Waals surface area (Å²) in [6, 6.07) is 2.38. The summed E-state index contributed by atoms with van der Waals surface area (Å²) in [5.74, 6) is 0.791. The summed E-state index contributed by atoms with van der Waals surface area (Å²) < 4.78 is 39.4. The smallest absolute Gasteiger partial charge is 0.310 e. The minimum Gasteiger partial charge on any atom is -0.310 e. The first-order valence-corrected chi connectivity index (χ1v) is 8.32. The molecule has 6 nitrogen and oxygen atoms in total. The Balaban J connectivity index is 1.62. The molecule has 1 fully saturated rings. The normalized spacial score (nSPS) is 14.9. The number of hydrogen-bond acceptors (Lipinski definition) is 4. The van der Waals surface area contributed by atoms with Gasteiger partial charge >= 0.3 is 6.18 Å². The van der Waals surface area contributed by atoms with Crippen molar-refractivity contribution in [1.82, 2.24) is 24.7 Å². The Morgan fingerprint density at radius 1 is 1.31 bits per heavy atom. The van der Waals surface area contributed by atoms with E-state index in [0.717, 1.165) is 24.6 Å². The van der Waals surface area contributed by atoms with Crippen molar-refractivity contribution in [2.24, 2.45) is 0 Å². The lowest BCUT2D eigenvalue weighted by Gasteiger charge is -2.07. The van der Waals surface area contributed by atoms with Gasteiger partial charge < -0.3 is 4.98 Å². The number of H-pyrrole nitrogens is 1. The van der Waals surface area contributed by atoms with Gasteiger partial charge in [-0.05, 0) is 37.8 Å². The molecule has 26 heavy (non-hydrogen) atoms. The average molecular weight is 363 g/mol. The maximum absolute atomic E-state index is 12.6. The molecule has 136 valence electrons. The zero-order chi connectivity index (χ0) is 18.5. The maximum Gasteiger partial charge on any atom is 0.433 e. The Labute approximate surface area is 146 Å². The third-order valence-corrected chi connectivity index (χ3v) is 4.44. The highest BCUT2D eigenvalue weighted by Gasteiger charge is 2.32. The molecule has 0 unspecified atom stereocenters. The molecule has 1 saturated carbocycles. The van der Waals surface area contributed by atoms with Crippen LogP contribution in [0.3, 0.4) is 0 Å². The van der Waals surface area contributed by atoms with Gasteiger partial charge in [0.15, 0.2) is 5.65 Å². The van der Waals surface area contributed by atoms with Gasteiger partial charge in [-0.1, -0.05) is 6.07 Å². The topological polar surface area (TPSA) is 76.5 Å². The van der Waals surface area contributed by atoms with Crippen molar-refractivity contribution >= 4 is 11.0 Å². The number of fused-ring (bicyclic) bond motifs is 1. The van der Waals surface area contributed by atoms with Crippen molar-refractivity contribution in [3.63, 3.8) is 0 Å². The lowest BCUT2D eigenvalue weighted by atomic mass is 10.2. The molecule has 0 saturated heterocycles. The summed E-state index contributed by atoms with van der Waals surface area (Å²) in [5.41, 5.74) is 0.839. The van der Waals surface area contributed by atoms with Gasteiger partial charge in [-0.2, -0.15) is 18.3 Å². The van der Waals surface area contributed by atoms with Gasteiger partial charge in [-0.15, -0.1) is 0 Å². The van der Waals surface area contributed by atoms with Crippen molar-refractivity contribution < 1.29 is 13.2 Å². The Bertz CT molecular complexity index is 1020. The molecular formula is C17H16F3N5O. The lowest BCUT2D eigenvalue weighted by molar-refractivity contribution is -0.141. The van der Waals surface area contributed by atoms with Crippen LogP contribution in [0.1, 0.15) is 41.5 Å². The number of rotatable bonds is 4. The zero-order valence-corrected chi connectivity index (χ0v) is 14.0. The maximum atomic E-state index is 12.6. The monoisotopic (exact) mass is 363 g/mol. The molecule has 0 atom stereocenters. The Morgan fingerprint density at radius 3 is 2.69 bits per heavy atom. The summed E-state index contributed by atoms with van der Waals surface area (Å²) in [6.45, 7) is 2.11. The van der Waals surface area contributed by atoms with E-state index in [1.54, 1.807) is 11.6 Å². The molecule has 0 aromatic carbocycles. The van der Waals surface area contributed by atoms with E-state index in [4.69, 9.17) is 0 Å². The largest absolute Gasteiger partial charge is 0.433 e. The van der Waals surface area contributed by atoms with E-state index in [2.05, 4.69) is 20.1 Å². The van der Waals surface area contributed by atoms with Crippen LogP contribution in [0.25, 0.3) is 11.0 Å². The van der Waals surface area contributed by atoms with Crippen LogP contribution in [0.2, 0.25) is 0 Å². The Hall–Kier alpha value is -2.71. The van der Waals surface area contributed by atoms with Crippen LogP contribution in [0.5, 0.6) is 0 Å². The first kappa shape index (κ1) is 16.7. The number of nitrogens with zero attached hydrogens (tertiary/aromatic N) is 4. The SMILES string of the molecule is Cc1nc2c(c(C3CC3)nn2CCc2ccc(C(F)(F)F)nc2)c(=O)[nH]1. The number of alkyl halides is 3. The molecule has 4 rings (SSSR count). The van der Waals surface area contributed by atoms with E-state index in [1.807, 2.05) is 0 Å². The van der Waals surface area contributed by atoms with Crippen molar-refractivity contribution in [2.75, 3.05) is 0 Å². The molecule has 9 heteroatoms. The summed E-state index contributed by atoms with van der Waals surface area (Å²) in [5, 5.41) is 5.08. The molecule has 3 aromatic rings. The standard InChI is InChI=1S/C17H16F3N5O/c1-9-22-15-13(16(26)23-9)14(11-3-4-11)24-25(15)7-6-10-2-5-12(21-8-10)17(18,19)20/h2,5,8,11H,3-4,6-7H2,1H3,(H,22,23,26). The highest BCUT2D eigenvalue weighted by molar-refractivity contribution is 5.78. The quantitative estimate of drug-likeness (QED) is 0.773. The van der Waals surface area contributed by atoms with Crippen molar-refractivity contribution in [3.05, 3.63) is 51.5 Å². The summed E-state index contributed by atoms with van der Waals surface area (Å²) >= 11 is 0. The Kier molecular flexibility index (Phi) is 3.82. The molecule has 0 radical (unpaired) electrons. The highest BCUT2D eigenvalue weighted by atomic mass is 19.4. The lowest BCUT2D eigenvalue weighted by Crippen LogP contribution is -2.12. The predicted octanol–water partition coefficient (Wildman–Crippen LogP) is 2.96. The molecule has 0 spiro atoms. The van der Waals surface area contributed by atoms with Gasteiger partial charge in [0.1, 0.15) is 16.9 Å². The number of halogens is 3. The minimum atomic E-state index is -4.45. The molecule has 1 aliphatic carbocycles. The van der Waals surface area contributed by atoms with Gasteiger partial charge in [-0.3, -0.25) is 9.78 Å². The van der Waals surface area contributed by atoms with E-state index >= 15 is 0 Å². The van der Waals surface area contributed by atoms with E-state index in [1.165, 1.54) is 12.3 Å². The predicted molar refractivity (Wildman–Crippen MR) is 87.8 cm³/mol. The molecule has 0 aliphatic heterocycles. The fourth-order valence-electron chi connectivity index (χ4n) is 2.99. The van der Waals surface area contributed by atoms with Crippen molar-refractivity contribution in [3.8, 4) is 0 Å². The fourth-order valence-corrected chi connectivity index (χ4v) is 2.99. The molecule has 1 N–H and O–H groups in total. The highest BCUT2D eigenvalue weighted by Crippen LogP contribution is 2.41. The number of pyridine rings is 1. The molecule has 0 amide bonds. The van der Waals surface area contributed by atoms with Crippen LogP contribution in [-0.2, 0) is 19.1 Å². The van der Waals surface area contributed by atoms with Crippen LogP contribution in [-0.4, -0.2) is 24.7 Å². The average Bonchev–Trinajstić information content (AvgIpc) is 3.35. The summed E-state index contributed by atoms with van der Waals surface area (Å²) in [6.07, 6.45) is -0.774. The van der Waals surface area contributed by atoms with Gasteiger partial charge in [0.25, 0.3) is 5.56 Å². The molecule has 3 aromatic heterocycles. The van der Waals surface area contributed by atoms with Crippen LogP contribution < -0.4 is 5.56 Å². The first-order chi connectivity index (χ1) is 12.3. The molecule has 3 heterocycles. The van der Waals surface area contributed by atoms with Crippen LogP contribution in [0.15, 0.2) is 23.1 Å². The number of aromatic amines is 1. The van der Waals surface area contributed by atoms with Gasteiger partial charge in [0.05, 0.1) is 5.69 Å². The summed E-state index contributed by atoms with van der Waals surface area (Å²) in [4.78, 5) is 22.9. The molecule has 0 bridgehead atoms. The second-order valence-electron chi connectivity index (χ2n) is 6.53. The van der Waals surface area contributed by atoms with E-state index < -0.39 is 11.9 Å². The number of hydrogen-bond donors (Lipinski definition) is 1. The van der Waals surface area contributed by atoms with Crippen LogP contribution in [0, 0.1) is 6.92 Å². The van der Waals surface area contributed by atoms with Crippen LogP contribution >= 0.6 is 0 Å². The summed E-state index contributed by atoms with van der Waals surface area (Å²) in [7, 11) is 0. The second kappa shape index (κ2) is 5.93. The number of aromatic nitrogens is 5. The molecular weight excluding hydrogens is 347 g/mol.